The molecular weight excluding hydrogens is 1150 g/mol. The molecule has 0 radical (unpaired) electrons. The number of hydrogen-bond donors (Lipinski definition) is 9. The zero-order valence-electron chi connectivity index (χ0n) is 58.3. The molecule has 91 heavy (non-hydrogen) atoms. The van der Waals surface area contributed by atoms with E-state index in [9.17, 15) is 45.6 Å². The van der Waals surface area contributed by atoms with Gasteiger partial charge in [-0.25, -0.2) is 0 Å². The van der Waals surface area contributed by atoms with Gasteiger partial charge >= 0.3 is 0 Å². The van der Waals surface area contributed by atoms with Gasteiger partial charge in [0.25, 0.3) is 0 Å². The van der Waals surface area contributed by atoms with Crippen molar-refractivity contribution in [1.82, 2.24) is 5.32 Å². The molecule has 0 aromatic heterocycles. The fourth-order valence-corrected chi connectivity index (χ4v) is 12.6. The summed E-state index contributed by atoms with van der Waals surface area (Å²) in [5, 5.41) is 87.5. The fraction of sp³-hybridized carbons (Fsp3) is 0.883. The van der Waals surface area contributed by atoms with Gasteiger partial charge in [0.15, 0.2) is 12.6 Å². The summed E-state index contributed by atoms with van der Waals surface area (Å²) in [6.07, 6.45) is 64.8. The van der Waals surface area contributed by atoms with Gasteiger partial charge in [0.1, 0.15) is 48.8 Å². The highest BCUT2D eigenvalue weighted by Gasteiger charge is 2.51. The second-order valence-corrected chi connectivity index (χ2v) is 27.1. The minimum absolute atomic E-state index is 0.249. The van der Waals surface area contributed by atoms with Crippen molar-refractivity contribution in [3.8, 4) is 0 Å². The van der Waals surface area contributed by atoms with Gasteiger partial charge in [0, 0.05) is 6.42 Å². The van der Waals surface area contributed by atoms with Crippen LogP contribution in [-0.4, -0.2) is 140 Å². The van der Waals surface area contributed by atoms with Crippen LogP contribution in [-0.2, 0) is 23.7 Å². The molecule has 2 aliphatic heterocycles. The molecule has 2 fully saturated rings. The SMILES string of the molecule is CCCCCCCCCC/C=C\CCCCCCCCCCCCCCCC(=O)NC(COC1OC(CO)C(OC2OC(CO)C(O)C(O)C2O)C(O)C1O)C(O)/C=C/CC/C=C/CC/C=C/CCCCCCCCCCCCCCCCCCCCCCCC. The number of carbonyl (C=O) groups is 1. The molecule has 12 atom stereocenters. The molecule has 0 aromatic carbocycles. The Bertz CT molecular complexity index is 1710. The summed E-state index contributed by atoms with van der Waals surface area (Å²) < 4.78 is 22.9. The molecule has 14 nitrogen and oxygen atoms in total. The van der Waals surface area contributed by atoms with E-state index in [0.717, 1.165) is 44.9 Å². The van der Waals surface area contributed by atoms with E-state index in [1.807, 2.05) is 6.08 Å². The molecule has 0 aliphatic carbocycles. The average molecular weight is 1290 g/mol. The van der Waals surface area contributed by atoms with Crippen LogP contribution in [0.15, 0.2) is 48.6 Å². The number of amides is 1. The van der Waals surface area contributed by atoms with Crippen molar-refractivity contribution in [2.45, 2.75) is 415 Å². The molecule has 0 bridgehead atoms. The van der Waals surface area contributed by atoms with Crippen LogP contribution in [0.25, 0.3) is 0 Å². The predicted octanol–water partition coefficient (Wildman–Crippen LogP) is 16.6. The monoisotopic (exact) mass is 1290 g/mol. The smallest absolute Gasteiger partial charge is 0.220 e. The Morgan fingerprint density at radius 3 is 1.08 bits per heavy atom. The summed E-state index contributed by atoms with van der Waals surface area (Å²) in [5.41, 5.74) is 0. The lowest BCUT2D eigenvalue weighted by atomic mass is 9.97. The lowest BCUT2D eigenvalue weighted by molar-refractivity contribution is -0.359. The Kier molecular flexibility index (Phi) is 57.5. The van der Waals surface area contributed by atoms with Gasteiger partial charge in [-0.1, -0.05) is 313 Å². The number of rotatable bonds is 64. The molecule has 0 aromatic rings. The quantitative estimate of drug-likeness (QED) is 0.0204. The summed E-state index contributed by atoms with van der Waals surface area (Å²) in [6.45, 7) is 2.83. The number of aliphatic hydroxyl groups excluding tert-OH is 8. The van der Waals surface area contributed by atoms with E-state index in [2.05, 4.69) is 55.6 Å². The summed E-state index contributed by atoms with van der Waals surface area (Å²) in [4.78, 5) is 13.3. The van der Waals surface area contributed by atoms with Gasteiger partial charge in [-0.15, -0.1) is 0 Å². The molecule has 2 rings (SSSR count). The van der Waals surface area contributed by atoms with Crippen molar-refractivity contribution in [2.24, 2.45) is 0 Å². The molecule has 2 heterocycles. The van der Waals surface area contributed by atoms with Gasteiger partial charge in [0.05, 0.1) is 32.0 Å². The minimum Gasteiger partial charge on any atom is -0.394 e. The van der Waals surface area contributed by atoms with E-state index in [4.69, 9.17) is 18.9 Å². The lowest BCUT2D eigenvalue weighted by Crippen LogP contribution is -2.65. The van der Waals surface area contributed by atoms with Crippen LogP contribution >= 0.6 is 0 Å². The van der Waals surface area contributed by atoms with E-state index >= 15 is 0 Å². The Balaban J connectivity index is 1.66. The Morgan fingerprint density at radius 2 is 0.703 bits per heavy atom. The van der Waals surface area contributed by atoms with Crippen LogP contribution in [0.1, 0.15) is 341 Å². The Morgan fingerprint density at radius 1 is 0.385 bits per heavy atom. The first kappa shape index (κ1) is 85.0. The molecule has 2 saturated heterocycles. The number of aliphatic hydroxyl groups is 8. The summed E-state index contributed by atoms with van der Waals surface area (Å²) in [6, 6.07) is -0.940. The van der Waals surface area contributed by atoms with E-state index in [-0.39, 0.29) is 18.9 Å². The predicted molar refractivity (Wildman–Crippen MR) is 374 cm³/mol. The van der Waals surface area contributed by atoms with Crippen LogP contribution in [0.2, 0.25) is 0 Å². The van der Waals surface area contributed by atoms with Crippen molar-refractivity contribution >= 4 is 5.91 Å². The maximum atomic E-state index is 13.3. The first-order valence-electron chi connectivity index (χ1n) is 38.4. The topological polar surface area (TPSA) is 228 Å². The van der Waals surface area contributed by atoms with Crippen molar-refractivity contribution in [3.05, 3.63) is 48.6 Å². The van der Waals surface area contributed by atoms with Crippen molar-refractivity contribution in [3.63, 3.8) is 0 Å². The van der Waals surface area contributed by atoms with Crippen LogP contribution in [0.3, 0.4) is 0 Å². The third-order valence-electron chi connectivity index (χ3n) is 18.7. The van der Waals surface area contributed by atoms with Crippen LogP contribution in [0, 0.1) is 0 Å². The molecule has 0 saturated carbocycles. The maximum absolute atomic E-state index is 13.3. The van der Waals surface area contributed by atoms with Crippen molar-refractivity contribution < 1.29 is 64.6 Å². The summed E-state index contributed by atoms with van der Waals surface area (Å²) in [7, 11) is 0. The highest BCUT2D eigenvalue weighted by molar-refractivity contribution is 5.76. The van der Waals surface area contributed by atoms with E-state index < -0.39 is 86.8 Å². The number of unbranched alkanes of at least 4 members (excludes halogenated alkanes) is 45. The molecule has 14 heteroatoms. The van der Waals surface area contributed by atoms with Crippen LogP contribution < -0.4 is 5.32 Å². The minimum atomic E-state index is -1.79. The number of carbonyl (C=O) groups excluding carboxylic acids is 1. The zero-order valence-corrected chi connectivity index (χ0v) is 58.3. The number of hydrogen-bond acceptors (Lipinski definition) is 13. The van der Waals surface area contributed by atoms with Crippen molar-refractivity contribution in [2.75, 3.05) is 19.8 Å². The zero-order chi connectivity index (χ0) is 65.9. The third kappa shape index (κ3) is 45.2. The molecule has 12 unspecified atom stereocenters. The molecule has 0 spiro atoms. The molecular formula is C77H143NO13. The number of allylic oxidation sites excluding steroid dienone is 7. The normalized spacial score (nSPS) is 23.0. The summed E-state index contributed by atoms with van der Waals surface area (Å²) >= 11 is 0. The highest BCUT2D eigenvalue weighted by atomic mass is 16.7. The fourth-order valence-electron chi connectivity index (χ4n) is 12.6. The number of nitrogens with one attached hydrogen (secondary N) is 1. The van der Waals surface area contributed by atoms with Gasteiger partial charge in [0.2, 0.25) is 5.91 Å². The van der Waals surface area contributed by atoms with Gasteiger partial charge in [-0.05, 0) is 70.6 Å². The standard InChI is InChI=1S/C77H143NO13/c1-3-5-7-9-11-13-15-17-19-21-23-25-27-29-30-31-32-33-34-35-37-38-40-42-44-46-48-50-52-54-56-58-60-66(81)65(64-88-76-74(87)72(85)75(68(63-80)90-76)91-77-73(86)71(84)70(83)67(62-79)89-77)78-69(82)61-59-57-55-53-51-49-47-45-43-41-39-36-28-26-24-22-20-18-16-14-12-10-8-6-4-2/h22,24,42,44,50,52,58,60,65-68,70-77,79-81,83-87H,3-21,23,25-41,43,45-49,51,53-57,59,61-64H2,1-2H3,(H,78,82)/b24-22-,44-42+,52-50+,60-58+. The summed E-state index contributed by atoms with van der Waals surface area (Å²) in [5.74, 6) is -0.249. The molecule has 2 aliphatic rings. The second kappa shape index (κ2) is 61.5. The number of ether oxygens (including phenoxy) is 4. The first-order chi connectivity index (χ1) is 44.6. The lowest BCUT2D eigenvalue weighted by Gasteiger charge is -2.46. The first-order valence-corrected chi connectivity index (χ1v) is 38.4. The second-order valence-electron chi connectivity index (χ2n) is 27.1. The van der Waals surface area contributed by atoms with E-state index in [1.54, 1.807) is 6.08 Å². The average Bonchev–Trinajstić information content (AvgIpc) is 1.15. The van der Waals surface area contributed by atoms with Gasteiger partial charge in [-0.2, -0.15) is 0 Å². The van der Waals surface area contributed by atoms with Crippen LogP contribution in [0.5, 0.6) is 0 Å². The Labute approximate surface area is 556 Å². The van der Waals surface area contributed by atoms with Gasteiger partial charge < -0.3 is 65.1 Å². The van der Waals surface area contributed by atoms with Gasteiger partial charge in [-0.3, -0.25) is 4.79 Å². The third-order valence-corrected chi connectivity index (χ3v) is 18.7. The van der Waals surface area contributed by atoms with Crippen LogP contribution in [0.4, 0.5) is 0 Å². The molecule has 534 valence electrons. The van der Waals surface area contributed by atoms with Crippen molar-refractivity contribution in [1.29, 1.82) is 0 Å². The Hall–Kier alpha value is -2.05. The molecule has 9 N–H and O–H groups in total. The maximum Gasteiger partial charge on any atom is 0.220 e. The highest BCUT2D eigenvalue weighted by Crippen LogP contribution is 2.30. The van der Waals surface area contributed by atoms with E-state index in [1.165, 1.54) is 263 Å². The largest absolute Gasteiger partial charge is 0.394 e. The molecule has 1 amide bonds. The van der Waals surface area contributed by atoms with E-state index in [0.29, 0.717) is 12.8 Å².